The van der Waals surface area contributed by atoms with Crippen LogP contribution in [0.15, 0.2) is 24.3 Å². The Labute approximate surface area is 148 Å². The lowest BCUT2D eigenvalue weighted by Crippen LogP contribution is -2.39. The van der Waals surface area contributed by atoms with E-state index in [4.69, 9.17) is 0 Å². The fraction of sp³-hybridized carbons (Fsp3) is 0.444. The normalized spacial score (nSPS) is 18.8. The summed E-state index contributed by atoms with van der Waals surface area (Å²) >= 11 is 0. The van der Waals surface area contributed by atoms with E-state index in [1.165, 1.54) is 17.0 Å². The van der Waals surface area contributed by atoms with Gasteiger partial charge in [-0.2, -0.15) is 18.3 Å². The fourth-order valence-electron chi connectivity index (χ4n) is 3.44. The molecule has 0 spiro atoms. The van der Waals surface area contributed by atoms with Crippen LogP contribution in [0.2, 0.25) is 0 Å². The summed E-state index contributed by atoms with van der Waals surface area (Å²) in [5.74, 6) is -0.954. The van der Waals surface area contributed by atoms with Crippen molar-refractivity contribution in [3.05, 3.63) is 46.9 Å². The lowest BCUT2D eigenvalue weighted by molar-refractivity contribution is -0.165. The topological polar surface area (TPSA) is 38.1 Å². The Morgan fingerprint density at radius 3 is 2.42 bits per heavy atom. The van der Waals surface area contributed by atoms with E-state index >= 15 is 0 Å². The van der Waals surface area contributed by atoms with Crippen LogP contribution in [0.5, 0.6) is 0 Å². The van der Waals surface area contributed by atoms with E-state index in [0.29, 0.717) is 16.8 Å². The van der Waals surface area contributed by atoms with Crippen molar-refractivity contribution >= 4 is 11.7 Å². The molecule has 2 unspecified atom stereocenters. The van der Waals surface area contributed by atoms with Gasteiger partial charge in [0.2, 0.25) is 5.91 Å². The van der Waals surface area contributed by atoms with Crippen LogP contribution in [0.1, 0.15) is 49.0 Å². The Bertz CT molecular complexity index is 826. The molecule has 0 bridgehead atoms. The Morgan fingerprint density at radius 1 is 1.27 bits per heavy atom. The number of fused-ring (bicyclic) bond motifs is 1. The minimum absolute atomic E-state index is 0.111. The summed E-state index contributed by atoms with van der Waals surface area (Å²) in [7, 11) is 0. The van der Waals surface area contributed by atoms with Crippen LogP contribution in [0, 0.1) is 12.7 Å². The van der Waals surface area contributed by atoms with Crippen molar-refractivity contribution in [2.45, 2.75) is 45.3 Å². The van der Waals surface area contributed by atoms with Gasteiger partial charge >= 0.3 is 6.18 Å². The van der Waals surface area contributed by atoms with Gasteiger partial charge in [0, 0.05) is 24.4 Å². The molecule has 26 heavy (non-hydrogen) atoms. The van der Waals surface area contributed by atoms with Crippen LogP contribution in [0.4, 0.5) is 23.4 Å². The van der Waals surface area contributed by atoms with Crippen LogP contribution in [-0.2, 0) is 4.79 Å². The van der Waals surface area contributed by atoms with E-state index in [-0.39, 0.29) is 24.7 Å². The molecule has 2 heterocycles. The highest BCUT2D eigenvalue weighted by Crippen LogP contribution is 2.44. The molecule has 2 aromatic rings. The lowest BCUT2D eigenvalue weighted by Gasteiger charge is -2.33. The summed E-state index contributed by atoms with van der Waals surface area (Å²) in [6, 6.07) is 3.82. The van der Waals surface area contributed by atoms with Gasteiger partial charge in [-0.25, -0.2) is 9.07 Å². The number of halogens is 4. The summed E-state index contributed by atoms with van der Waals surface area (Å²) in [6.45, 7) is 4.62. The summed E-state index contributed by atoms with van der Waals surface area (Å²) in [6.07, 6.45) is -4.38. The largest absolute Gasteiger partial charge is 0.410 e. The van der Waals surface area contributed by atoms with Crippen LogP contribution >= 0.6 is 0 Å². The molecule has 2 atom stereocenters. The molecule has 1 aromatic heterocycles. The molecule has 0 saturated carbocycles. The second-order valence-corrected chi connectivity index (χ2v) is 6.43. The number of alkyl halides is 3. The smallest absolute Gasteiger partial charge is 0.297 e. The number of aryl methyl sites for hydroxylation is 1. The molecule has 140 valence electrons. The zero-order valence-corrected chi connectivity index (χ0v) is 14.6. The van der Waals surface area contributed by atoms with Crippen molar-refractivity contribution in [3.8, 4) is 0 Å². The summed E-state index contributed by atoms with van der Waals surface area (Å²) in [5, 5.41) is 4.11. The van der Waals surface area contributed by atoms with E-state index in [0.717, 1.165) is 11.6 Å². The molecule has 0 radical (unpaired) electrons. The second-order valence-electron chi connectivity index (χ2n) is 6.43. The quantitative estimate of drug-likeness (QED) is 0.755. The molecule has 1 aliphatic rings. The Kier molecular flexibility index (Phi) is 4.54. The van der Waals surface area contributed by atoms with Gasteiger partial charge in [0.15, 0.2) is 0 Å². The van der Waals surface area contributed by atoms with Crippen molar-refractivity contribution in [2.24, 2.45) is 0 Å². The standard InChI is InChI=1S/C18H19F4N3O/c1-4-24-15(26)9-14(12-5-7-13(19)8-6-12)16-10(2)23-25(17(16)24)11(3)18(20,21)22/h5-8,11,14H,4,9H2,1-3H3. The van der Waals surface area contributed by atoms with Crippen LogP contribution < -0.4 is 4.90 Å². The zero-order chi connectivity index (χ0) is 19.2. The molecular formula is C18H19F4N3O. The molecular weight excluding hydrogens is 350 g/mol. The SMILES string of the molecule is CCN1C(=O)CC(c2ccc(F)cc2)c2c(C)nn(C(C)C(F)(F)F)c21. The molecule has 3 rings (SSSR count). The second kappa shape index (κ2) is 6.41. The van der Waals surface area contributed by atoms with Crippen molar-refractivity contribution in [1.29, 1.82) is 0 Å². The van der Waals surface area contributed by atoms with Crippen molar-refractivity contribution in [3.63, 3.8) is 0 Å². The van der Waals surface area contributed by atoms with Gasteiger partial charge in [0.25, 0.3) is 0 Å². The maximum atomic E-state index is 13.3. The van der Waals surface area contributed by atoms with Crippen LogP contribution in [0.25, 0.3) is 0 Å². The van der Waals surface area contributed by atoms with Gasteiger partial charge in [0.05, 0.1) is 5.69 Å². The molecule has 8 heteroatoms. The number of aromatic nitrogens is 2. The first kappa shape index (κ1) is 18.4. The molecule has 1 amide bonds. The number of nitrogens with zero attached hydrogens (tertiary/aromatic N) is 3. The predicted octanol–water partition coefficient (Wildman–Crippen LogP) is 4.34. The van der Waals surface area contributed by atoms with Gasteiger partial charge in [-0.3, -0.25) is 9.69 Å². The van der Waals surface area contributed by atoms with E-state index in [2.05, 4.69) is 5.10 Å². The highest BCUT2D eigenvalue weighted by Gasteiger charge is 2.44. The Hall–Kier alpha value is -2.38. The van der Waals surface area contributed by atoms with Crippen LogP contribution in [0.3, 0.4) is 0 Å². The lowest BCUT2D eigenvalue weighted by atomic mass is 9.85. The number of rotatable bonds is 3. The van der Waals surface area contributed by atoms with Gasteiger partial charge < -0.3 is 0 Å². The molecule has 0 N–H and O–H groups in total. The first-order valence-corrected chi connectivity index (χ1v) is 8.36. The highest BCUT2D eigenvalue weighted by atomic mass is 19.4. The van der Waals surface area contributed by atoms with Gasteiger partial charge in [-0.05, 0) is 38.5 Å². The number of hydrogen-bond acceptors (Lipinski definition) is 2. The van der Waals surface area contributed by atoms with E-state index in [1.807, 2.05) is 0 Å². The average Bonchev–Trinajstić information content (AvgIpc) is 2.91. The number of carbonyl (C=O) groups is 1. The molecule has 1 aromatic carbocycles. The van der Waals surface area contributed by atoms with Crippen LogP contribution in [-0.4, -0.2) is 28.4 Å². The van der Waals surface area contributed by atoms with E-state index < -0.39 is 24.0 Å². The molecule has 4 nitrogen and oxygen atoms in total. The zero-order valence-electron chi connectivity index (χ0n) is 14.6. The maximum Gasteiger partial charge on any atom is 0.410 e. The third-order valence-corrected chi connectivity index (χ3v) is 4.82. The van der Waals surface area contributed by atoms with Gasteiger partial charge in [0.1, 0.15) is 17.7 Å². The number of carbonyl (C=O) groups excluding carboxylic acids is 1. The predicted molar refractivity (Wildman–Crippen MR) is 88.6 cm³/mol. The Balaban J connectivity index is 2.20. The maximum absolute atomic E-state index is 13.3. The fourth-order valence-corrected chi connectivity index (χ4v) is 3.44. The number of benzene rings is 1. The first-order chi connectivity index (χ1) is 12.1. The molecule has 1 aliphatic heterocycles. The highest BCUT2D eigenvalue weighted by molar-refractivity contribution is 5.97. The monoisotopic (exact) mass is 369 g/mol. The third kappa shape index (κ3) is 2.97. The van der Waals surface area contributed by atoms with Gasteiger partial charge in [-0.15, -0.1) is 0 Å². The average molecular weight is 369 g/mol. The van der Waals surface area contributed by atoms with Gasteiger partial charge in [-0.1, -0.05) is 12.1 Å². The summed E-state index contributed by atoms with van der Waals surface area (Å²) in [4.78, 5) is 13.9. The number of anilines is 1. The number of hydrogen-bond donors (Lipinski definition) is 0. The van der Waals surface area contributed by atoms with E-state index in [9.17, 15) is 22.4 Å². The molecule has 0 aliphatic carbocycles. The molecule has 0 fully saturated rings. The van der Waals surface area contributed by atoms with Crippen molar-refractivity contribution < 1.29 is 22.4 Å². The minimum Gasteiger partial charge on any atom is -0.297 e. The van der Waals surface area contributed by atoms with E-state index in [1.54, 1.807) is 26.0 Å². The third-order valence-electron chi connectivity index (χ3n) is 4.82. The summed E-state index contributed by atoms with van der Waals surface area (Å²) in [5.41, 5.74) is 1.71. The van der Waals surface area contributed by atoms with Crippen molar-refractivity contribution in [1.82, 2.24) is 9.78 Å². The Morgan fingerprint density at radius 2 is 1.88 bits per heavy atom. The minimum atomic E-state index is -4.49. The summed E-state index contributed by atoms with van der Waals surface area (Å²) < 4.78 is 54.0. The molecule has 0 saturated heterocycles. The number of amides is 1. The van der Waals surface area contributed by atoms with Crippen molar-refractivity contribution in [2.75, 3.05) is 11.4 Å². The first-order valence-electron chi connectivity index (χ1n) is 8.36.